The Labute approximate surface area is 148 Å². The number of benzene rings is 1. The maximum absolute atomic E-state index is 12.1. The third-order valence-electron chi connectivity index (χ3n) is 3.50. The molecule has 0 saturated carbocycles. The van der Waals surface area contributed by atoms with E-state index in [1.807, 2.05) is 24.3 Å². The summed E-state index contributed by atoms with van der Waals surface area (Å²) in [5, 5.41) is 6.91. The molecule has 2 heterocycles. The summed E-state index contributed by atoms with van der Waals surface area (Å²) >= 11 is 1.11. The van der Waals surface area contributed by atoms with Gasteiger partial charge in [-0.25, -0.2) is 14.5 Å². The first-order chi connectivity index (χ1) is 12.2. The fourth-order valence-corrected chi connectivity index (χ4v) is 3.04. The summed E-state index contributed by atoms with van der Waals surface area (Å²) in [5.74, 6) is -0.654. The van der Waals surface area contributed by atoms with E-state index in [1.165, 1.54) is 13.4 Å². The van der Waals surface area contributed by atoms with Crippen LogP contribution in [0, 0.1) is 0 Å². The van der Waals surface area contributed by atoms with Crippen LogP contribution in [0.3, 0.4) is 0 Å². The number of esters is 1. The van der Waals surface area contributed by atoms with Crippen molar-refractivity contribution < 1.29 is 14.3 Å². The van der Waals surface area contributed by atoms with Crippen LogP contribution < -0.4 is 5.32 Å². The van der Waals surface area contributed by atoms with E-state index in [0.29, 0.717) is 22.8 Å². The number of carbonyl (C=O) groups is 2. The monoisotopic (exact) mass is 356 g/mol. The highest BCUT2D eigenvalue weighted by Gasteiger charge is 2.13. The van der Waals surface area contributed by atoms with Crippen molar-refractivity contribution in [3.8, 4) is 0 Å². The Morgan fingerprint density at radius 3 is 2.52 bits per heavy atom. The molecule has 128 valence electrons. The molecule has 0 bridgehead atoms. The molecule has 0 aliphatic rings. The Kier molecular flexibility index (Phi) is 5.20. The van der Waals surface area contributed by atoms with Gasteiger partial charge in [-0.05, 0) is 23.3 Å². The first kappa shape index (κ1) is 16.8. The van der Waals surface area contributed by atoms with Gasteiger partial charge in [-0.15, -0.1) is 11.3 Å². The van der Waals surface area contributed by atoms with Crippen LogP contribution in [0.2, 0.25) is 0 Å². The fraction of sp³-hybridized carbons (Fsp3) is 0.176. The molecule has 0 aliphatic carbocycles. The lowest BCUT2D eigenvalue weighted by Crippen LogP contribution is -2.21. The summed E-state index contributed by atoms with van der Waals surface area (Å²) in [6.45, 7) is 1.06. The first-order valence-electron chi connectivity index (χ1n) is 7.52. The molecule has 0 radical (unpaired) electrons. The van der Waals surface area contributed by atoms with Crippen molar-refractivity contribution in [2.75, 3.05) is 7.11 Å². The molecule has 0 saturated heterocycles. The van der Waals surface area contributed by atoms with Crippen molar-refractivity contribution in [3.05, 3.63) is 69.9 Å². The Morgan fingerprint density at radius 1 is 1.12 bits per heavy atom. The van der Waals surface area contributed by atoms with Gasteiger partial charge < -0.3 is 10.1 Å². The molecule has 0 unspecified atom stereocenters. The zero-order valence-corrected chi connectivity index (χ0v) is 14.3. The van der Waals surface area contributed by atoms with Crippen molar-refractivity contribution in [2.45, 2.75) is 13.1 Å². The standard InChI is InChI=1S/C17H16N4O3S/c1-24-17(23)15-7-6-14(25-15)16(22)19-8-12-2-4-13(5-3-12)9-21-11-18-10-20-21/h2-7,10-11H,8-9H2,1H3,(H,19,22). The van der Waals surface area contributed by atoms with E-state index >= 15 is 0 Å². The van der Waals surface area contributed by atoms with Crippen LogP contribution >= 0.6 is 11.3 Å². The normalized spacial score (nSPS) is 10.4. The van der Waals surface area contributed by atoms with E-state index in [2.05, 4.69) is 20.1 Å². The van der Waals surface area contributed by atoms with E-state index in [1.54, 1.807) is 23.1 Å². The van der Waals surface area contributed by atoms with Crippen LogP contribution in [-0.2, 0) is 17.8 Å². The zero-order valence-electron chi connectivity index (χ0n) is 13.5. The minimum absolute atomic E-state index is 0.216. The van der Waals surface area contributed by atoms with Gasteiger partial charge in [0.25, 0.3) is 5.91 Å². The van der Waals surface area contributed by atoms with Crippen LogP contribution in [-0.4, -0.2) is 33.8 Å². The molecule has 2 aromatic heterocycles. The minimum atomic E-state index is -0.438. The Balaban J connectivity index is 1.55. The molecule has 3 aromatic rings. The average Bonchev–Trinajstić information content (AvgIpc) is 3.32. The van der Waals surface area contributed by atoms with E-state index in [-0.39, 0.29) is 5.91 Å². The van der Waals surface area contributed by atoms with Crippen molar-refractivity contribution >= 4 is 23.2 Å². The SMILES string of the molecule is COC(=O)c1ccc(C(=O)NCc2ccc(Cn3cncn3)cc2)s1. The largest absolute Gasteiger partial charge is 0.465 e. The van der Waals surface area contributed by atoms with Crippen LogP contribution in [0.15, 0.2) is 49.1 Å². The molecule has 0 spiro atoms. The maximum atomic E-state index is 12.1. The number of ether oxygens (including phenoxy) is 1. The summed E-state index contributed by atoms with van der Waals surface area (Å²) in [5.41, 5.74) is 2.09. The van der Waals surface area contributed by atoms with Gasteiger partial charge in [-0.3, -0.25) is 4.79 Å². The number of amides is 1. The lowest BCUT2D eigenvalue weighted by Gasteiger charge is -2.06. The highest BCUT2D eigenvalue weighted by Crippen LogP contribution is 2.17. The van der Waals surface area contributed by atoms with Crippen LogP contribution in [0.1, 0.15) is 30.5 Å². The van der Waals surface area contributed by atoms with Crippen molar-refractivity contribution in [1.82, 2.24) is 20.1 Å². The zero-order chi connectivity index (χ0) is 17.6. The summed E-state index contributed by atoms with van der Waals surface area (Å²) < 4.78 is 6.38. The molecular weight excluding hydrogens is 340 g/mol. The minimum Gasteiger partial charge on any atom is -0.465 e. The third-order valence-corrected chi connectivity index (χ3v) is 4.57. The molecular formula is C17H16N4O3S. The lowest BCUT2D eigenvalue weighted by molar-refractivity contribution is 0.0606. The van der Waals surface area contributed by atoms with Crippen molar-refractivity contribution in [1.29, 1.82) is 0 Å². The molecule has 0 fully saturated rings. The molecule has 1 N–H and O–H groups in total. The number of nitrogens with zero attached hydrogens (tertiary/aromatic N) is 3. The predicted molar refractivity (Wildman–Crippen MR) is 92.4 cm³/mol. The van der Waals surface area contributed by atoms with E-state index in [9.17, 15) is 9.59 Å². The number of aromatic nitrogens is 3. The Hall–Kier alpha value is -3.00. The molecule has 0 atom stereocenters. The highest BCUT2D eigenvalue weighted by molar-refractivity contribution is 7.15. The van der Waals surface area contributed by atoms with Crippen molar-refractivity contribution in [3.63, 3.8) is 0 Å². The highest BCUT2D eigenvalue weighted by atomic mass is 32.1. The topological polar surface area (TPSA) is 86.1 Å². The van der Waals surface area contributed by atoms with Crippen LogP contribution in [0.25, 0.3) is 0 Å². The smallest absolute Gasteiger partial charge is 0.348 e. The number of rotatable bonds is 6. The number of hydrogen-bond donors (Lipinski definition) is 1. The van der Waals surface area contributed by atoms with Gasteiger partial charge in [0.15, 0.2) is 0 Å². The molecule has 3 rings (SSSR count). The van der Waals surface area contributed by atoms with Gasteiger partial charge in [0, 0.05) is 6.54 Å². The molecule has 7 nitrogen and oxygen atoms in total. The van der Waals surface area contributed by atoms with Crippen LogP contribution in [0.4, 0.5) is 0 Å². The van der Waals surface area contributed by atoms with Gasteiger partial charge in [-0.2, -0.15) is 5.10 Å². The second kappa shape index (κ2) is 7.71. The Morgan fingerprint density at radius 2 is 1.84 bits per heavy atom. The van der Waals surface area contributed by atoms with Gasteiger partial charge in [0.1, 0.15) is 17.5 Å². The molecule has 25 heavy (non-hydrogen) atoms. The molecule has 0 aliphatic heterocycles. The second-order valence-electron chi connectivity index (χ2n) is 5.25. The van der Waals surface area contributed by atoms with Gasteiger partial charge in [-0.1, -0.05) is 24.3 Å². The lowest BCUT2D eigenvalue weighted by atomic mass is 10.1. The fourth-order valence-electron chi connectivity index (χ4n) is 2.20. The number of thiophene rings is 1. The van der Waals surface area contributed by atoms with Gasteiger partial charge >= 0.3 is 5.97 Å². The third kappa shape index (κ3) is 4.30. The molecule has 1 amide bonds. The number of carbonyl (C=O) groups excluding carboxylic acids is 2. The summed E-state index contributed by atoms with van der Waals surface area (Å²) in [6, 6.07) is 11.1. The maximum Gasteiger partial charge on any atom is 0.348 e. The first-order valence-corrected chi connectivity index (χ1v) is 8.34. The number of nitrogens with one attached hydrogen (secondary N) is 1. The van der Waals surface area contributed by atoms with Crippen molar-refractivity contribution in [2.24, 2.45) is 0 Å². The predicted octanol–water partition coefficient (Wildman–Crippen LogP) is 2.10. The van der Waals surface area contributed by atoms with Crippen LogP contribution in [0.5, 0.6) is 0 Å². The van der Waals surface area contributed by atoms with E-state index < -0.39 is 5.97 Å². The summed E-state index contributed by atoms with van der Waals surface area (Å²) in [6.07, 6.45) is 3.16. The van der Waals surface area contributed by atoms with E-state index in [0.717, 1.165) is 22.5 Å². The molecule has 1 aromatic carbocycles. The number of hydrogen-bond acceptors (Lipinski definition) is 6. The number of methoxy groups -OCH3 is 1. The summed E-state index contributed by atoms with van der Waals surface area (Å²) in [4.78, 5) is 28.4. The van der Waals surface area contributed by atoms with Gasteiger partial charge in [0.2, 0.25) is 0 Å². The second-order valence-corrected chi connectivity index (χ2v) is 6.33. The molecule has 8 heteroatoms. The summed E-state index contributed by atoms with van der Waals surface area (Å²) in [7, 11) is 1.31. The van der Waals surface area contributed by atoms with E-state index in [4.69, 9.17) is 0 Å². The average molecular weight is 356 g/mol. The van der Waals surface area contributed by atoms with Gasteiger partial charge in [0.05, 0.1) is 18.5 Å². The quantitative estimate of drug-likeness (QED) is 0.684. The Bertz CT molecular complexity index is 856.